The van der Waals surface area contributed by atoms with Crippen molar-refractivity contribution in [2.75, 3.05) is 42.5 Å². The molecule has 1 fully saturated rings. The average Bonchev–Trinajstić information content (AvgIpc) is 2.69. The molecule has 1 saturated heterocycles. The highest BCUT2D eigenvalue weighted by Gasteiger charge is 2.32. The molecule has 2 heterocycles. The van der Waals surface area contributed by atoms with Gasteiger partial charge in [0.2, 0.25) is 0 Å². The highest BCUT2D eigenvalue weighted by Crippen LogP contribution is 2.34. The van der Waals surface area contributed by atoms with Crippen molar-refractivity contribution < 1.29 is 4.79 Å². The van der Waals surface area contributed by atoms with E-state index in [1.807, 2.05) is 36.4 Å². The molecule has 0 aromatic heterocycles. The van der Waals surface area contributed by atoms with Crippen LogP contribution in [0.25, 0.3) is 0 Å². The minimum absolute atomic E-state index is 0.0906. The minimum Gasteiger partial charge on any atom is -0.399 e. The highest BCUT2D eigenvalue weighted by atomic mass is 16.2. The second kappa shape index (κ2) is 7.72. The van der Waals surface area contributed by atoms with Crippen molar-refractivity contribution in [3.8, 4) is 0 Å². The van der Waals surface area contributed by atoms with Crippen molar-refractivity contribution >= 4 is 23.0 Å². The number of nitrogens with one attached hydrogen (secondary N) is 1. The van der Waals surface area contributed by atoms with Gasteiger partial charge >= 0.3 is 0 Å². The van der Waals surface area contributed by atoms with Gasteiger partial charge in [-0.25, -0.2) is 0 Å². The molecule has 0 spiro atoms. The number of nitrogens with two attached hydrogens (primary N) is 2. The predicted molar refractivity (Wildman–Crippen MR) is 114 cm³/mol. The van der Waals surface area contributed by atoms with Gasteiger partial charge in [0.05, 0.1) is 11.3 Å². The van der Waals surface area contributed by atoms with Gasteiger partial charge in [0.25, 0.3) is 5.91 Å². The summed E-state index contributed by atoms with van der Waals surface area (Å²) in [6, 6.07) is 13.3. The number of carbonyl (C=O) groups is 1. The number of fused-ring (bicyclic) bond motifs is 1. The Morgan fingerprint density at radius 2 is 1.68 bits per heavy atom. The van der Waals surface area contributed by atoms with Crippen molar-refractivity contribution in [3.05, 3.63) is 53.6 Å². The number of benzene rings is 2. The van der Waals surface area contributed by atoms with Gasteiger partial charge in [-0.15, -0.1) is 0 Å². The van der Waals surface area contributed by atoms with E-state index in [1.54, 1.807) is 6.07 Å². The number of rotatable bonds is 4. The van der Waals surface area contributed by atoms with Crippen LogP contribution in [-0.2, 0) is 0 Å². The van der Waals surface area contributed by atoms with E-state index in [0.717, 1.165) is 43.3 Å². The fraction of sp³-hybridized carbons (Fsp3) is 0.409. The van der Waals surface area contributed by atoms with E-state index < -0.39 is 0 Å². The summed E-state index contributed by atoms with van der Waals surface area (Å²) in [4.78, 5) is 17.5. The number of piperidine rings is 1. The van der Waals surface area contributed by atoms with E-state index in [2.05, 4.69) is 22.0 Å². The molecule has 2 aliphatic heterocycles. The van der Waals surface area contributed by atoms with Gasteiger partial charge < -0.3 is 26.6 Å². The van der Waals surface area contributed by atoms with E-state index in [0.29, 0.717) is 16.9 Å². The lowest BCUT2D eigenvalue weighted by atomic mass is 9.99. The second-order valence-electron chi connectivity index (χ2n) is 8.04. The molecule has 1 amide bonds. The van der Waals surface area contributed by atoms with Gasteiger partial charge in [-0.1, -0.05) is 19.1 Å². The van der Waals surface area contributed by atoms with Crippen molar-refractivity contribution in [1.29, 1.82) is 0 Å². The third kappa shape index (κ3) is 3.78. The first-order valence-electron chi connectivity index (χ1n) is 10.1. The Morgan fingerprint density at radius 1 is 1.00 bits per heavy atom. The first kappa shape index (κ1) is 18.6. The molecule has 0 aliphatic carbocycles. The fourth-order valence-electron chi connectivity index (χ4n) is 4.13. The quantitative estimate of drug-likeness (QED) is 0.711. The second-order valence-corrected chi connectivity index (χ2v) is 8.04. The summed E-state index contributed by atoms with van der Waals surface area (Å²) in [5.41, 5.74) is 15.7. The molecule has 2 aromatic rings. The fourth-order valence-corrected chi connectivity index (χ4v) is 4.13. The van der Waals surface area contributed by atoms with Crippen molar-refractivity contribution in [1.82, 2.24) is 10.2 Å². The number of amides is 1. The summed E-state index contributed by atoms with van der Waals surface area (Å²) in [6.45, 7) is 6.42. The summed E-state index contributed by atoms with van der Waals surface area (Å²) in [6.07, 6.45) is 2.30. The van der Waals surface area contributed by atoms with E-state index in [4.69, 9.17) is 11.5 Å². The number of hydrogen-bond donors (Lipinski definition) is 3. The third-order valence-electron chi connectivity index (χ3n) is 5.94. The lowest BCUT2D eigenvalue weighted by Crippen LogP contribution is -2.49. The molecule has 0 radical (unpaired) electrons. The van der Waals surface area contributed by atoms with E-state index in [1.165, 1.54) is 12.8 Å². The van der Waals surface area contributed by atoms with Crippen LogP contribution in [0.3, 0.4) is 0 Å². The molecule has 6 heteroatoms. The van der Waals surface area contributed by atoms with Crippen LogP contribution in [0.15, 0.2) is 42.5 Å². The summed E-state index contributed by atoms with van der Waals surface area (Å²) in [5.74, 6) is 0.726. The van der Waals surface area contributed by atoms with E-state index in [-0.39, 0.29) is 12.1 Å². The van der Waals surface area contributed by atoms with Crippen LogP contribution in [0.2, 0.25) is 0 Å². The molecule has 6 nitrogen and oxygen atoms in total. The minimum atomic E-state index is -0.215. The third-order valence-corrected chi connectivity index (χ3v) is 5.94. The molecule has 2 aromatic carbocycles. The Bertz CT molecular complexity index is 843. The number of nitrogen functional groups attached to an aromatic ring is 2. The maximum atomic E-state index is 12.7. The van der Waals surface area contributed by atoms with Crippen LogP contribution in [0.4, 0.5) is 17.1 Å². The summed E-state index contributed by atoms with van der Waals surface area (Å²) < 4.78 is 0. The zero-order valence-corrected chi connectivity index (χ0v) is 16.4. The molecule has 5 N–H and O–H groups in total. The Hall–Kier alpha value is -2.73. The Morgan fingerprint density at radius 3 is 2.39 bits per heavy atom. The first-order valence-corrected chi connectivity index (χ1v) is 10.1. The first-order chi connectivity index (χ1) is 13.5. The molecule has 28 heavy (non-hydrogen) atoms. The van der Waals surface area contributed by atoms with Crippen LogP contribution in [0.1, 0.15) is 41.9 Å². The Balaban J connectivity index is 1.62. The maximum absolute atomic E-state index is 12.7. The summed E-state index contributed by atoms with van der Waals surface area (Å²) >= 11 is 0. The molecule has 4 rings (SSSR count). The molecule has 0 bridgehead atoms. The normalized spacial score (nSPS) is 20.7. The number of anilines is 3. The van der Waals surface area contributed by atoms with E-state index in [9.17, 15) is 4.79 Å². The molecule has 1 unspecified atom stereocenters. The van der Waals surface area contributed by atoms with Gasteiger partial charge in [0.15, 0.2) is 0 Å². The molecule has 2 aliphatic rings. The molecule has 148 valence electrons. The van der Waals surface area contributed by atoms with Crippen LogP contribution in [-0.4, -0.2) is 37.0 Å². The highest BCUT2D eigenvalue weighted by molar-refractivity contribution is 6.03. The van der Waals surface area contributed by atoms with Gasteiger partial charge in [-0.3, -0.25) is 4.79 Å². The summed E-state index contributed by atoms with van der Waals surface area (Å²) in [5, 5.41) is 3.15. The largest absolute Gasteiger partial charge is 0.399 e. The molecular formula is C22H29N5O. The molecule has 0 saturated carbocycles. The van der Waals surface area contributed by atoms with Crippen molar-refractivity contribution in [3.63, 3.8) is 0 Å². The van der Waals surface area contributed by atoms with Crippen LogP contribution in [0, 0.1) is 5.92 Å². The standard InChI is InChI=1S/C22H29N5O/c1-15-8-10-26(11-9-15)12-13-27-20-7-6-18(24)14-19(20)22(28)25-21(27)16-2-4-17(23)5-3-16/h2-7,14-15,21H,8-13,23-24H2,1H3,(H,25,28). The number of hydrogen-bond acceptors (Lipinski definition) is 5. The van der Waals surface area contributed by atoms with Crippen LogP contribution >= 0.6 is 0 Å². The monoisotopic (exact) mass is 379 g/mol. The topological polar surface area (TPSA) is 87.6 Å². The Kier molecular flexibility index (Phi) is 5.13. The van der Waals surface area contributed by atoms with Crippen molar-refractivity contribution in [2.24, 2.45) is 5.92 Å². The lowest BCUT2D eigenvalue weighted by Gasteiger charge is -2.41. The van der Waals surface area contributed by atoms with E-state index >= 15 is 0 Å². The molecular weight excluding hydrogens is 350 g/mol. The van der Waals surface area contributed by atoms with Gasteiger partial charge in [0.1, 0.15) is 6.17 Å². The lowest BCUT2D eigenvalue weighted by molar-refractivity contribution is 0.0925. The number of carbonyl (C=O) groups excluding carboxylic acids is 1. The zero-order valence-electron chi connectivity index (χ0n) is 16.4. The van der Waals surface area contributed by atoms with Gasteiger partial charge in [0, 0.05) is 24.5 Å². The van der Waals surface area contributed by atoms with Crippen LogP contribution in [0.5, 0.6) is 0 Å². The molecule has 1 atom stereocenters. The smallest absolute Gasteiger partial charge is 0.255 e. The van der Waals surface area contributed by atoms with Gasteiger partial charge in [-0.2, -0.15) is 0 Å². The van der Waals surface area contributed by atoms with Crippen molar-refractivity contribution in [2.45, 2.75) is 25.9 Å². The number of nitrogens with zero attached hydrogens (tertiary/aromatic N) is 2. The maximum Gasteiger partial charge on any atom is 0.255 e. The van der Waals surface area contributed by atoms with Crippen LogP contribution < -0.4 is 21.7 Å². The average molecular weight is 380 g/mol. The van der Waals surface area contributed by atoms with Gasteiger partial charge in [-0.05, 0) is 67.7 Å². The predicted octanol–water partition coefficient (Wildman–Crippen LogP) is 2.83. The SMILES string of the molecule is CC1CCN(CCN2c3ccc(N)cc3C(=O)NC2c2ccc(N)cc2)CC1. The zero-order chi connectivity index (χ0) is 19.7. The Labute approximate surface area is 166 Å². The summed E-state index contributed by atoms with van der Waals surface area (Å²) in [7, 11) is 0. The number of likely N-dealkylation sites (tertiary alicyclic amines) is 1.